The molecule has 84 valence electrons. The summed E-state index contributed by atoms with van der Waals surface area (Å²) in [4.78, 5) is 4.19. The molecule has 1 aliphatic rings. The Morgan fingerprint density at radius 2 is 2.07 bits per heavy atom. The minimum atomic E-state index is 0.301. The van der Waals surface area contributed by atoms with Crippen LogP contribution in [-0.2, 0) is 0 Å². The number of anilines is 1. The number of nitrogens with one attached hydrogen (secondary N) is 1. The Morgan fingerprint density at radius 1 is 1.40 bits per heavy atom. The lowest BCUT2D eigenvalue weighted by Crippen LogP contribution is -2.20. The Morgan fingerprint density at radius 3 is 2.60 bits per heavy atom. The van der Waals surface area contributed by atoms with Crippen molar-refractivity contribution in [3.05, 3.63) is 5.82 Å². The second-order valence-corrected chi connectivity index (χ2v) is 5.04. The molecule has 0 radical (unpaired) electrons. The third kappa shape index (κ3) is 2.28. The highest BCUT2D eigenvalue weighted by Crippen LogP contribution is 2.41. The molecule has 0 unspecified atom stereocenters. The van der Waals surface area contributed by atoms with E-state index in [2.05, 4.69) is 29.4 Å². The van der Waals surface area contributed by atoms with Gasteiger partial charge in [0.05, 0.1) is 0 Å². The first kappa shape index (κ1) is 10.4. The molecule has 3 N–H and O–H groups in total. The molecule has 0 spiro atoms. The first-order valence-electron chi connectivity index (χ1n) is 5.41. The van der Waals surface area contributed by atoms with Crippen LogP contribution in [0.3, 0.4) is 0 Å². The third-order valence-corrected chi connectivity index (χ3v) is 3.27. The van der Waals surface area contributed by atoms with Crippen molar-refractivity contribution in [2.24, 2.45) is 11.3 Å². The molecule has 0 atom stereocenters. The highest BCUT2D eigenvalue weighted by atomic mass is 16.5. The van der Waals surface area contributed by atoms with Gasteiger partial charge in [-0.3, -0.25) is 5.43 Å². The molecule has 0 aliphatic heterocycles. The van der Waals surface area contributed by atoms with Gasteiger partial charge < -0.3 is 4.52 Å². The normalized spacial score (nSPS) is 21.5. The van der Waals surface area contributed by atoms with Crippen LogP contribution in [0.2, 0.25) is 0 Å². The van der Waals surface area contributed by atoms with Gasteiger partial charge in [0.2, 0.25) is 0 Å². The number of rotatable bonds is 2. The van der Waals surface area contributed by atoms with Crippen LogP contribution in [0.25, 0.3) is 0 Å². The topological polar surface area (TPSA) is 77.0 Å². The molecule has 1 aliphatic carbocycles. The Kier molecular flexibility index (Phi) is 2.65. The van der Waals surface area contributed by atoms with E-state index >= 15 is 0 Å². The van der Waals surface area contributed by atoms with E-state index < -0.39 is 0 Å². The van der Waals surface area contributed by atoms with E-state index in [0.29, 0.717) is 17.3 Å². The summed E-state index contributed by atoms with van der Waals surface area (Å²) in [5.41, 5.74) is 2.83. The molecule has 5 heteroatoms. The molecule has 2 rings (SSSR count). The monoisotopic (exact) mass is 210 g/mol. The number of hydrogen-bond donors (Lipinski definition) is 2. The predicted octanol–water partition coefficient (Wildman–Crippen LogP) is 2.04. The molecule has 5 nitrogen and oxygen atoms in total. The van der Waals surface area contributed by atoms with Gasteiger partial charge in [-0.15, -0.1) is 0 Å². The molecular formula is C10H18N4O. The summed E-state index contributed by atoms with van der Waals surface area (Å²) in [5.74, 6) is 6.41. The summed E-state index contributed by atoms with van der Waals surface area (Å²) < 4.78 is 4.92. The van der Waals surface area contributed by atoms with Gasteiger partial charge in [0, 0.05) is 5.92 Å². The molecular weight excluding hydrogens is 192 g/mol. The molecule has 1 aromatic heterocycles. The van der Waals surface area contributed by atoms with Crippen LogP contribution in [-0.4, -0.2) is 10.1 Å². The summed E-state index contributed by atoms with van der Waals surface area (Å²) >= 11 is 0. The second kappa shape index (κ2) is 3.81. The molecule has 0 bridgehead atoms. The molecule has 1 aromatic rings. The summed E-state index contributed by atoms with van der Waals surface area (Å²) in [6, 6.07) is 0.301. The molecule has 0 saturated heterocycles. The van der Waals surface area contributed by atoms with Crippen molar-refractivity contribution < 1.29 is 4.52 Å². The molecule has 1 heterocycles. The van der Waals surface area contributed by atoms with E-state index in [1.54, 1.807) is 0 Å². The Balaban J connectivity index is 2.01. The van der Waals surface area contributed by atoms with Crippen LogP contribution in [0.15, 0.2) is 4.52 Å². The van der Waals surface area contributed by atoms with Crippen LogP contribution in [0, 0.1) is 5.41 Å². The largest absolute Gasteiger partial charge is 0.335 e. The van der Waals surface area contributed by atoms with Gasteiger partial charge in [-0.2, -0.15) is 4.98 Å². The highest BCUT2D eigenvalue weighted by Gasteiger charge is 2.29. The van der Waals surface area contributed by atoms with Crippen LogP contribution in [0.5, 0.6) is 0 Å². The fourth-order valence-corrected chi connectivity index (χ4v) is 2.12. The van der Waals surface area contributed by atoms with E-state index in [-0.39, 0.29) is 0 Å². The molecule has 0 amide bonds. The summed E-state index contributed by atoms with van der Waals surface area (Å²) in [5, 5.41) is 3.93. The van der Waals surface area contributed by atoms with E-state index in [9.17, 15) is 0 Å². The van der Waals surface area contributed by atoms with Crippen LogP contribution >= 0.6 is 0 Å². The van der Waals surface area contributed by atoms with E-state index in [4.69, 9.17) is 10.4 Å². The zero-order chi connectivity index (χ0) is 10.9. The Bertz CT molecular complexity index is 324. The van der Waals surface area contributed by atoms with Gasteiger partial charge in [-0.05, 0) is 31.1 Å². The van der Waals surface area contributed by atoms with Gasteiger partial charge in [0.1, 0.15) is 0 Å². The van der Waals surface area contributed by atoms with Crippen molar-refractivity contribution in [1.82, 2.24) is 10.1 Å². The number of aromatic nitrogens is 2. The summed E-state index contributed by atoms with van der Waals surface area (Å²) in [6.45, 7) is 4.62. The molecule has 15 heavy (non-hydrogen) atoms. The fraction of sp³-hybridized carbons (Fsp3) is 0.800. The van der Waals surface area contributed by atoms with Crippen LogP contribution in [0.1, 0.15) is 51.3 Å². The van der Waals surface area contributed by atoms with Gasteiger partial charge >= 0.3 is 6.01 Å². The van der Waals surface area contributed by atoms with Gasteiger partial charge in [0.25, 0.3) is 0 Å². The van der Waals surface area contributed by atoms with Gasteiger partial charge in [-0.25, -0.2) is 5.84 Å². The average molecular weight is 210 g/mol. The first-order chi connectivity index (χ1) is 7.11. The molecule has 1 saturated carbocycles. The van der Waals surface area contributed by atoms with Crippen molar-refractivity contribution in [2.45, 2.75) is 45.4 Å². The SMILES string of the molecule is CC1(C)CCC(c2noc(NN)n2)CC1. The standard InChI is InChI=1S/C10H18N4O/c1-10(2)5-3-7(4-6-10)8-12-9(13-11)15-14-8/h7H,3-6,11H2,1-2H3,(H,12,13,14). The fourth-order valence-electron chi connectivity index (χ4n) is 2.12. The van der Waals surface area contributed by atoms with Crippen molar-refractivity contribution >= 4 is 6.01 Å². The van der Waals surface area contributed by atoms with E-state index in [1.165, 1.54) is 12.8 Å². The maximum atomic E-state index is 5.19. The zero-order valence-corrected chi connectivity index (χ0v) is 9.29. The summed E-state index contributed by atoms with van der Waals surface area (Å²) in [6.07, 6.45) is 4.71. The molecule has 1 fully saturated rings. The number of hydrogen-bond acceptors (Lipinski definition) is 5. The van der Waals surface area contributed by atoms with E-state index in [0.717, 1.165) is 18.7 Å². The van der Waals surface area contributed by atoms with Crippen molar-refractivity contribution in [3.63, 3.8) is 0 Å². The van der Waals surface area contributed by atoms with Crippen molar-refractivity contribution in [2.75, 3.05) is 5.43 Å². The lowest BCUT2D eigenvalue weighted by molar-refractivity contribution is 0.218. The Labute approximate surface area is 89.4 Å². The smallest absolute Gasteiger partial charge is 0.314 e. The Hall–Kier alpha value is -1.10. The quantitative estimate of drug-likeness (QED) is 0.577. The maximum Gasteiger partial charge on any atom is 0.335 e. The van der Waals surface area contributed by atoms with Crippen molar-refractivity contribution in [1.29, 1.82) is 0 Å². The van der Waals surface area contributed by atoms with Crippen LogP contribution in [0.4, 0.5) is 6.01 Å². The lowest BCUT2D eigenvalue weighted by Gasteiger charge is -2.32. The lowest BCUT2D eigenvalue weighted by atomic mass is 9.73. The van der Waals surface area contributed by atoms with E-state index in [1.807, 2.05) is 0 Å². The van der Waals surface area contributed by atoms with Crippen molar-refractivity contribution in [3.8, 4) is 0 Å². The highest BCUT2D eigenvalue weighted by molar-refractivity contribution is 5.16. The zero-order valence-electron chi connectivity index (χ0n) is 9.29. The maximum absolute atomic E-state index is 5.19. The third-order valence-electron chi connectivity index (χ3n) is 3.27. The van der Waals surface area contributed by atoms with Crippen LogP contribution < -0.4 is 11.3 Å². The second-order valence-electron chi connectivity index (χ2n) is 5.04. The number of nitrogens with two attached hydrogens (primary N) is 1. The van der Waals surface area contributed by atoms with Gasteiger partial charge in [-0.1, -0.05) is 19.0 Å². The number of hydrazine groups is 1. The number of nitrogens with zero attached hydrogens (tertiary/aromatic N) is 2. The summed E-state index contributed by atoms with van der Waals surface area (Å²) in [7, 11) is 0. The predicted molar refractivity (Wildman–Crippen MR) is 57.1 cm³/mol. The minimum absolute atomic E-state index is 0.301. The van der Waals surface area contributed by atoms with Gasteiger partial charge in [0.15, 0.2) is 5.82 Å². The minimum Gasteiger partial charge on any atom is -0.314 e. The molecule has 0 aromatic carbocycles. The number of nitrogen functional groups attached to an aromatic ring is 1. The first-order valence-corrected chi connectivity index (χ1v) is 5.41. The average Bonchev–Trinajstić information content (AvgIpc) is 2.66.